The molecular weight excluding hydrogens is 344 g/mol. The Kier molecular flexibility index (Phi) is 4.28. The van der Waals surface area contributed by atoms with Gasteiger partial charge in [0.05, 0.1) is 0 Å². The number of nitrogens with one attached hydrogen (secondary N) is 1. The highest BCUT2D eigenvalue weighted by Gasteiger charge is 2.21. The fourth-order valence-corrected chi connectivity index (χ4v) is 3.26. The quantitative estimate of drug-likeness (QED) is 0.725. The van der Waals surface area contributed by atoms with Crippen molar-refractivity contribution in [3.63, 3.8) is 0 Å². The summed E-state index contributed by atoms with van der Waals surface area (Å²) in [5, 5.41) is 8.34. The number of carbonyl (C=O) groups is 1. The Morgan fingerprint density at radius 2 is 1.84 bits per heavy atom. The highest BCUT2D eigenvalue weighted by molar-refractivity contribution is 7.92. The third-order valence-corrected chi connectivity index (χ3v) is 4.80. The number of benzene rings is 1. The maximum absolute atomic E-state index is 12.2. The zero-order chi connectivity index (χ0) is 18.0. The standard InChI is InChI=1S/C17H14N2O5S/c1-11-8-9-18-10-14(11)12-2-4-13(5-3-12)19-25(22,23)16-7-6-15(24-16)17(20)21/h2-10,19H,1H3,(H,20,21). The normalized spacial score (nSPS) is 11.2. The number of anilines is 1. The largest absolute Gasteiger partial charge is 0.475 e. The molecule has 0 fully saturated rings. The van der Waals surface area contributed by atoms with Crippen LogP contribution < -0.4 is 4.72 Å². The first-order valence-electron chi connectivity index (χ1n) is 7.24. The van der Waals surface area contributed by atoms with Crippen LogP contribution in [0.4, 0.5) is 5.69 Å². The first-order valence-corrected chi connectivity index (χ1v) is 8.72. The molecule has 128 valence electrons. The first kappa shape index (κ1) is 16.7. The van der Waals surface area contributed by atoms with Crippen molar-refractivity contribution in [1.82, 2.24) is 4.98 Å². The molecule has 2 heterocycles. The zero-order valence-corrected chi connectivity index (χ0v) is 13.9. The summed E-state index contributed by atoms with van der Waals surface area (Å²) in [6.07, 6.45) is 3.45. The van der Waals surface area contributed by atoms with E-state index in [4.69, 9.17) is 9.52 Å². The van der Waals surface area contributed by atoms with E-state index in [2.05, 4.69) is 9.71 Å². The van der Waals surface area contributed by atoms with Crippen molar-refractivity contribution < 1.29 is 22.7 Å². The van der Waals surface area contributed by atoms with E-state index in [0.717, 1.165) is 28.8 Å². The molecule has 3 rings (SSSR count). The summed E-state index contributed by atoms with van der Waals surface area (Å²) in [6, 6.07) is 10.8. The molecule has 0 aliphatic rings. The van der Waals surface area contributed by atoms with Gasteiger partial charge in [0.25, 0.3) is 10.0 Å². The van der Waals surface area contributed by atoms with E-state index in [1.54, 1.807) is 36.7 Å². The molecule has 0 saturated heterocycles. The van der Waals surface area contributed by atoms with Crippen molar-refractivity contribution in [3.05, 3.63) is 66.2 Å². The first-order chi connectivity index (χ1) is 11.9. The van der Waals surface area contributed by atoms with Crippen LogP contribution in [0.15, 0.2) is 64.4 Å². The number of hydrogen-bond donors (Lipinski definition) is 2. The second-order valence-corrected chi connectivity index (χ2v) is 6.91. The lowest BCUT2D eigenvalue weighted by atomic mass is 10.0. The van der Waals surface area contributed by atoms with Crippen molar-refractivity contribution in [2.24, 2.45) is 0 Å². The molecule has 0 aliphatic heterocycles. The van der Waals surface area contributed by atoms with Crippen molar-refractivity contribution in [1.29, 1.82) is 0 Å². The van der Waals surface area contributed by atoms with E-state index in [0.29, 0.717) is 5.69 Å². The third kappa shape index (κ3) is 3.53. The molecule has 1 aromatic carbocycles. The fraction of sp³-hybridized carbons (Fsp3) is 0.0588. The molecule has 7 nitrogen and oxygen atoms in total. The zero-order valence-electron chi connectivity index (χ0n) is 13.1. The molecule has 8 heteroatoms. The second kappa shape index (κ2) is 6.40. The van der Waals surface area contributed by atoms with Gasteiger partial charge in [-0.05, 0) is 48.4 Å². The number of aryl methyl sites for hydroxylation is 1. The van der Waals surface area contributed by atoms with Gasteiger partial charge in [0.1, 0.15) is 0 Å². The van der Waals surface area contributed by atoms with Gasteiger partial charge in [-0.2, -0.15) is 8.42 Å². The minimum absolute atomic E-state index is 0.332. The van der Waals surface area contributed by atoms with Gasteiger partial charge in [0.15, 0.2) is 0 Å². The summed E-state index contributed by atoms with van der Waals surface area (Å²) in [7, 11) is -4.00. The van der Waals surface area contributed by atoms with E-state index >= 15 is 0 Å². The number of furan rings is 1. The number of nitrogens with zero attached hydrogens (tertiary/aromatic N) is 1. The van der Waals surface area contributed by atoms with Crippen LogP contribution in [0.5, 0.6) is 0 Å². The molecule has 0 amide bonds. The molecule has 0 unspecified atom stereocenters. The number of aromatic carboxylic acids is 1. The third-order valence-electron chi connectivity index (χ3n) is 3.54. The molecule has 2 N–H and O–H groups in total. The number of sulfonamides is 1. The monoisotopic (exact) mass is 358 g/mol. The van der Waals surface area contributed by atoms with Crippen LogP contribution in [0.2, 0.25) is 0 Å². The SMILES string of the molecule is Cc1ccncc1-c1ccc(NS(=O)(=O)c2ccc(C(=O)O)o2)cc1. The molecule has 0 bridgehead atoms. The lowest BCUT2D eigenvalue weighted by Gasteiger charge is -2.08. The van der Waals surface area contributed by atoms with Gasteiger partial charge in [-0.25, -0.2) is 4.79 Å². The summed E-state index contributed by atoms with van der Waals surface area (Å²) in [5.41, 5.74) is 3.24. The molecule has 0 radical (unpaired) electrons. The van der Waals surface area contributed by atoms with Crippen LogP contribution in [0, 0.1) is 6.92 Å². The molecule has 0 atom stereocenters. The highest BCUT2D eigenvalue weighted by Crippen LogP contribution is 2.25. The van der Waals surface area contributed by atoms with Gasteiger partial charge in [-0.15, -0.1) is 0 Å². The Balaban J connectivity index is 1.83. The highest BCUT2D eigenvalue weighted by atomic mass is 32.2. The number of rotatable bonds is 5. The average molecular weight is 358 g/mol. The number of carboxylic acids is 1. The second-order valence-electron chi connectivity index (χ2n) is 5.30. The van der Waals surface area contributed by atoms with E-state index in [9.17, 15) is 13.2 Å². The van der Waals surface area contributed by atoms with E-state index in [1.807, 2.05) is 13.0 Å². The number of carboxylic acid groups (broad SMARTS) is 1. The van der Waals surface area contributed by atoms with E-state index < -0.39 is 26.8 Å². The van der Waals surface area contributed by atoms with Gasteiger partial charge >= 0.3 is 5.97 Å². The number of pyridine rings is 1. The summed E-state index contributed by atoms with van der Waals surface area (Å²) >= 11 is 0. The molecule has 0 aliphatic carbocycles. The maximum atomic E-state index is 12.2. The van der Waals surface area contributed by atoms with Gasteiger partial charge in [0.2, 0.25) is 10.9 Å². The van der Waals surface area contributed by atoms with Gasteiger partial charge in [-0.1, -0.05) is 12.1 Å². The Morgan fingerprint density at radius 3 is 2.44 bits per heavy atom. The van der Waals surface area contributed by atoms with E-state index in [1.165, 1.54) is 0 Å². The maximum Gasteiger partial charge on any atom is 0.371 e. The topological polar surface area (TPSA) is 110 Å². The molecule has 3 aromatic rings. The minimum Gasteiger partial charge on any atom is -0.475 e. The summed E-state index contributed by atoms with van der Waals surface area (Å²) in [6.45, 7) is 1.96. The van der Waals surface area contributed by atoms with Gasteiger partial charge in [0, 0.05) is 23.6 Å². The summed E-state index contributed by atoms with van der Waals surface area (Å²) in [5.74, 6) is -1.78. The smallest absolute Gasteiger partial charge is 0.371 e. The number of hydrogen-bond acceptors (Lipinski definition) is 5. The summed E-state index contributed by atoms with van der Waals surface area (Å²) < 4.78 is 31.7. The molecule has 0 spiro atoms. The van der Waals surface area contributed by atoms with E-state index in [-0.39, 0.29) is 0 Å². The van der Waals surface area contributed by atoms with Crippen LogP contribution in [-0.4, -0.2) is 24.5 Å². The predicted molar refractivity (Wildman–Crippen MR) is 90.9 cm³/mol. The van der Waals surface area contributed by atoms with Crippen LogP contribution in [-0.2, 0) is 10.0 Å². The van der Waals surface area contributed by atoms with Crippen LogP contribution in [0.1, 0.15) is 16.1 Å². The van der Waals surface area contributed by atoms with Crippen molar-refractivity contribution in [3.8, 4) is 11.1 Å². The summed E-state index contributed by atoms with van der Waals surface area (Å²) in [4.78, 5) is 14.9. The molecular formula is C17H14N2O5S. The Hall–Kier alpha value is -3.13. The lowest BCUT2D eigenvalue weighted by Crippen LogP contribution is -2.12. The Bertz CT molecular complexity index is 1020. The fourth-order valence-electron chi connectivity index (χ4n) is 2.27. The molecule has 25 heavy (non-hydrogen) atoms. The molecule has 2 aromatic heterocycles. The lowest BCUT2D eigenvalue weighted by molar-refractivity contribution is 0.0656. The van der Waals surface area contributed by atoms with Gasteiger partial charge < -0.3 is 9.52 Å². The average Bonchev–Trinajstić information content (AvgIpc) is 3.07. The predicted octanol–water partition coefficient (Wildman–Crippen LogP) is 3.15. The van der Waals surface area contributed by atoms with Crippen LogP contribution in [0.3, 0.4) is 0 Å². The molecule has 0 saturated carbocycles. The van der Waals surface area contributed by atoms with Crippen LogP contribution >= 0.6 is 0 Å². The Labute approximate surface area is 144 Å². The Morgan fingerprint density at radius 1 is 1.12 bits per heavy atom. The van der Waals surface area contributed by atoms with Crippen molar-refractivity contribution in [2.45, 2.75) is 12.0 Å². The van der Waals surface area contributed by atoms with Crippen LogP contribution in [0.25, 0.3) is 11.1 Å². The minimum atomic E-state index is -4.00. The number of aromatic nitrogens is 1. The van der Waals surface area contributed by atoms with Crippen molar-refractivity contribution >= 4 is 21.7 Å². The van der Waals surface area contributed by atoms with Crippen molar-refractivity contribution in [2.75, 3.05) is 4.72 Å². The van der Waals surface area contributed by atoms with Gasteiger partial charge in [-0.3, -0.25) is 9.71 Å².